The van der Waals surface area contributed by atoms with Crippen LogP contribution in [-0.2, 0) is 14.8 Å². The average molecular weight is 441 g/mol. The normalized spacial score (nSPS) is 10.9. The Morgan fingerprint density at radius 1 is 0.935 bits per heavy atom. The van der Waals surface area contributed by atoms with Crippen molar-refractivity contribution in [3.63, 3.8) is 0 Å². The van der Waals surface area contributed by atoms with E-state index in [2.05, 4.69) is 10.0 Å². The highest BCUT2D eigenvalue weighted by Crippen LogP contribution is 2.26. The van der Waals surface area contributed by atoms with E-state index in [0.717, 1.165) is 11.1 Å². The lowest BCUT2D eigenvalue weighted by Crippen LogP contribution is -2.20. The lowest BCUT2D eigenvalue weighted by molar-refractivity contribution is -0.118. The van der Waals surface area contributed by atoms with Gasteiger partial charge in [0.2, 0.25) is 0 Å². The number of carbonyl (C=O) groups is 1. The molecule has 0 saturated heterocycles. The number of para-hydroxylation sites is 2. The predicted molar refractivity (Wildman–Crippen MR) is 120 cm³/mol. The minimum atomic E-state index is -3.81. The second-order valence-corrected chi connectivity index (χ2v) is 8.67. The highest BCUT2D eigenvalue weighted by molar-refractivity contribution is 7.92. The number of rotatable bonds is 8. The molecule has 0 atom stereocenters. The molecule has 162 valence electrons. The third-order valence-electron chi connectivity index (χ3n) is 4.36. The van der Waals surface area contributed by atoms with Crippen LogP contribution in [0.5, 0.6) is 11.5 Å². The maximum Gasteiger partial charge on any atom is 0.262 e. The molecule has 0 heterocycles. The van der Waals surface area contributed by atoms with E-state index in [9.17, 15) is 13.2 Å². The first-order chi connectivity index (χ1) is 14.8. The second kappa shape index (κ2) is 9.53. The third-order valence-corrected chi connectivity index (χ3v) is 5.75. The van der Waals surface area contributed by atoms with Crippen LogP contribution >= 0.6 is 0 Å². The van der Waals surface area contributed by atoms with Gasteiger partial charge in [0.05, 0.1) is 17.7 Å². The number of benzene rings is 3. The van der Waals surface area contributed by atoms with Crippen LogP contribution in [0, 0.1) is 13.8 Å². The van der Waals surface area contributed by atoms with Crippen molar-refractivity contribution in [1.82, 2.24) is 0 Å². The summed E-state index contributed by atoms with van der Waals surface area (Å²) in [5, 5.41) is 2.69. The molecule has 3 aromatic carbocycles. The van der Waals surface area contributed by atoms with E-state index in [4.69, 9.17) is 9.47 Å². The smallest absolute Gasteiger partial charge is 0.262 e. The molecule has 3 aromatic rings. The Balaban J connectivity index is 1.62. The Bertz CT molecular complexity index is 1150. The topological polar surface area (TPSA) is 93.7 Å². The van der Waals surface area contributed by atoms with Gasteiger partial charge in [0, 0.05) is 5.69 Å². The molecule has 7 nitrogen and oxygen atoms in total. The highest BCUT2D eigenvalue weighted by Gasteiger charge is 2.16. The Labute approximate surface area is 182 Å². The molecule has 0 saturated carbocycles. The largest absolute Gasteiger partial charge is 0.495 e. The lowest BCUT2D eigenvalue weighted by Gasteiger charge is -2.12. The molecule has 0 unspecified atom stereocenters. The SMILES string of the molecule is COc1ccccc1NS(=O)(=O)c1ccc(NC(=O)COc2cc(C)cc(C)c2)cc1. The molecule has 31 heavy (non-hydrogen) atoms. The number of nitrogens with one attached hydrogen (secondary N) is 2. The molecule has 0 radical (unpaired) electrons. The summed E-state index contributed by atoms with van der Waals surface area (Å²) >= 11 is 0. The van der Waals surface area contributed by atoms with Gasteiger partial charge in [-0.3, -0.25) is 9.52 Å². The Morgan fingerprint density at radius 2 is 1.58 bits per heavy atom. The summed E-state index contributed by atoms with van der Waals surface area (Å²) < 4.78 is 38.5. The fourth-order valence-corrected chi connectivity index (χ4v) is 4.08. The lowest BCUT2D eigenvalue weighted by atomic mass is 10.1. The van der Waals surface area contributed by atoms with Gasteiger partial charge in [-0.2, -0.15) is 0 Å². The van der Waals surface area contributed by atoms with Crippen molar-refractivity contribution in [2.24, 2.45) is 0 Å². The van der Waals surface area contributed by atoms with Gasteiger partial charge in [0.15, 0.2) is 6.61 Å². The predicted octanol–water partition coefficient (Wildman–Crippen LogP) is 4.13. The highest BCUT2D eigenvalue weighted by atomic mass is 32.2. The van der Waals surface area contributed by atoms with Crippen LogP contribution < -0.4 is 19.5 Å². The molecular weight excluding hydrogens is 416 g/mol. The standard InChI is InChI=1S/C23H24N2O5S/c1-16-12-17(2)14-19(13-16)30-15-23(26)24-18-8-10-20(11-9-18)31(27,28)25-21-6-4-5-7-22(21)29-3/h4-14,25H,15H2,1-3H3,(H,24,26). The van der Waals surface area contributed by atoms with E-state index in [1.54, 1.807) is 24.3 Å². The molecule has 0 aliphatic rings. The zero-order valence-electron chi connectivity index (χ0n) is 17.5. The average Bonchev–Trinajstić information content (AvgIpc) is 2.72. The van der Waals surface area contributed by atoms with Gasteiger partial charge in [0.1, 0.15) is 11.5 Å². The van der Waals surface area contributed by atoms with Gasteiger partial charge < -0.3 is 14.8 Å². The zero-order valence-corrected chi connectivity index (χ0v) is 18.3. The van der Waals surface area contributed by atoms with Gasteiger partial charge in [-0.05, 0) is 73.5 Å². The number of ether oxygens (including phenoxy) is 2. The quantitative estimate of drug-likeness (QED) is 0.549. The van der Waals surface area contributed by atoms with Crippen molar-refractivity contribution >= 4 is 27.3 Å². The number of sulfonamides is 1. The minimum absolute atomic E-state index is 0.0582. The van der Waals surface area contributed by atoms with Gasteiger partial charge in [0.25, 0.3) is 15.9 Å². The first-order valence-corrected chi connectivity index (χ1v) is 11.0. The molecule has 0 fully saturated rings. The molecule has 0 bridgehead atoms. The number of amides is 1. The van der Waals surface area contributed by atoms with Crippen LogP contribution in [0.25, 0.3) is 0 Å². The number of hydrogen-bond donors (Lipinski definition) is 2. The van der Waals surface area contributed by atoms with E-state index in [1.165, 1.54) is 31.4 Å². The van der Waals surface area contributed by atoms with Crippen molar-refractivity contribution in [3.05, 3.63) is 77.9 Å². The number of carbonyl (C=O) groups excluding carboxylic acids is 1. The minimum Gasteiger partial charge on any atom is -0.495 e. The first kappa shape index (κ1) is 22.2. The van der Waals surface area contributed by atoms with Crippen molar-refractivity contribution in [1.29, 1.82) is 0 Å². The fraction of sp³-hybridized carbons (Fsp3) is 0.174. The Morgan fingerprint density at radius 3 is 2.23 bits per heavy atom. The third kappa shape index (κ3) is 5.99. The van der Waals surface area contributed by atoms with Crippen LogP contribution in [0.15, 0.2) is 71.6 Å². The van der Waals surface area contributed by atoms with Gasteiger partial charge in [-0.1, -0.05) is 18.2 Å². The van der Waals surface area contributed by atoms with E-state index >= 15 is 0 Å². The van der Waals surface area contributed by atoms with E-state index < -0.39 is 10.0 Å². The number of hydrogen-bond acceptors (Lipinski definition) is 5. The molecule has 0 aliphatic carbocycles. The van der Waals surface area contributed by atoms with E-state index in [0.29, 0.717) is 22.9 Å². The number of aryl methyl sites for hydroxylation is 2. The summed E-state index contributed by atoms with van der Waals surface area (Å²) in [6, 6.07) is 18.3. The van der Waals surface area contributed by atoms with E-state index in [-0.39, 0.29) is 17.4 Å². The molecule has 2 N–H and O–H groups in total. The van der Waals surface area contributed by atoms with Crippen molar-refractivity contribution in [2.75, 3.05) is 23.8 Å². The van der Waals surface area contributed by atoms with Crippen molar-refractivity contribution < 1.29 is 22.7 Å². The van der Waals surface area contributed by atoms with Gasteiger partial charge in [-0.25, -0.2) is 8.42 Å². The molecule has 0 aliphatic heterocycles. The fourth-order valence-electron chi connectivity index (χ4n) is 3.01. The molecule has 0 spiro atoms. The van der Waals surface area contributed by atoms with Crippen molar-refractivity contribution in [2.45, 2.75) is 18.7 Å². The summed E-state index contributed by atoms with van der Waals surface area (Å²) in [5.41, 5.74) is 2.90. The Kier molecular flexibility index (Phi) is 6.81. The summed E-state index contributed by atoms with van der Waals surface area (Å²) in [5.74, 6) is 0.692. The summed E-state index contributed by atoms with van der Waals surface area (Å²) in [6.45, 7) is 3.76. The molecule has 8 heteroatoms. The van der Waals surface area contributed by atoms with Crippen LogP contribution in [-0.4, -0.2) is 28.0 Å². The maximum absolute atomic E-state index is 12.6. The Hall–Kier alpha value is -3.52. The zero-order chi connectivity index (χ0) is 22.4. The molecular formula is C23H24N2O5S. The van der Waals surface area contributed by atoms with E-state index in [1.807, 2.05) is 32.0 Å². The number of anilines is 2. The van der Waals surface area contributed by atoms with Crippen LogP contribution in [0.3, 0.4) is 0 Å². The second-order valence-electron chi connectivity index (χ2n) is 6.99. The number of methoxy groups -OCH3 is 1. The van der Waals surface area contributed by atoms with Crippen LogP contribution in [0.1, 0.15) is 11.1 Å². The molecule has 3 rings (SSSR count). The molecule has 1 amide bonds. The summed E-state index contributed by atoms with van der Waals surface area (Å²) in [7, 11) is -2.35. The van der Waals surface area contributed by atoms with Crippen LogP contribution in [0.2, 0.25) is 0 Å². The summed E-state index contributed by atoms with van der Waals surface area (Å²) in [4.78, 5) is 12.2. The van der Waals surface area contributed by atoms with Crippen LogP contribution in [0.4, 0.5) is 11.4 Å². The monoisotopic (exact) mass is 440 g/mol. The van der Waals surface area contributed by atoms with Gasteiger partial charge in [-0.15, -0.1) is 0 Å². The maximum atomic E-state index is 12.6. The van der Waals surface area contributed by atoms with Gasteiger partial charge >= 0.3 is 0 Å². The summed E-state index contributed by atoms with van der Waals surface area (Å²) in [6.07, 6.45) is 0. The van der Waals surface area contributed by atoms with Crippen molar-refractivity contribution in [3.8, 4) is 11.5 Å². The molecule has 0 aromatic heterocycles. The first-order valence-electron chi connectivity index (χ1n) is 9.54.